The van der Waals surface area contributed by atoms with Crippen molar-refractivity contribution in [1.29, 1.82) is 0 Å². The zero-order valence-electron chi connectivity index (χ0n) is 19.3. The van der Waals surface area contributed by atoms with E-state index >= 15 is 0 Å². The van der Waals surface area contributed by atoms with E-state index in [1.54, 1.807) is 23.5 Å². The van der Waals surface area contributed by atoms with Gasteiger partial charge >= 0.3 is 0 Å². The number of anilines is 2. The minimum absolute atomic E-state index is 0.00133. The number of halogens is 1. The number of fused-ring (bicyclic) bond motifs is 1. The van der Waals surface area contributed by atoms with Crippen molar-refractivity contribution >= 4 is 33.7 Å². The van der Waals surface area contributed by atoms with Gasteiger partial charge in [-0.25, -0.2) is 9.37 Å². The molecule has 4 heterocycles. The number of carbonyl (C=O) groups excluding carboxylic acids is 1. The van der Waals surface area contributed by atoms with Gasteiger partial charge in [0.25, 0.3) is 0 Å². The lowest BCUT2D eigenvalue weighted by Crippen LogP contribution is -2.41. The number of hydrogen-bond donors (Lipinski definition) is 1. The fourth-order valence-electron chi connectivity index (χ4n) is 4.53. The second-order valence-corrected chi connectivity index (χ2v) is 9.73. The molecule has 1 aliphatic rings. The van der Waals surface area contributed by atoms with Crippen molar-refractivity contribution in [2.24, 2.45) is 5.92 Å². The van der Waals surface area contributed by atoms with Crippen molar-refractivity contribution in [3.63, 3.8) is 0 Å². The number of imidazole rings is 1. The smallest absolute Gasteiger partial charge is 0.229 e. The number of amides is 1. The minimum Gasteiger partial charge on any atom is -0.354 e. The highest BCUT2D eigenvalue weighted by atomic mass is 32.1. The van der Waals surface area contributed by atoms with Crippen LogP contribution in [0.2, 0.25) is 0 Å². The van der Waals surface area contributed by atoms with E-state index in [1.165, 1.54) is 12.1 Å². The molecule has 1 atom stereocenters. The molecule has 36 heavy (non-hydrogen) atoms. The number of piperidine rings is 1. The van der Waals surface area contributed by atoms with Crippen molar-refractivity contribution in [3.8, 4) is 22.5 Å². The third kappa shape index (κ3) is 4.57. The van der Waals surface area contributed by atoms with Crippen molar-refractivity contribution in [3.05, 3.63) is 84.3 Å². The van der Waals surface area contributed by atoms with Gasteiger partial charge in [0, 0.05) is 47.7 Å². The van der Waals surface area contributed by atoms with Gasteiger partial charge in [0.1, 0.15) is 5.82 Å². The SMILES string of the molecule is O=C(Nc1cccc(-c2cn3ccsc3n2)c1)C1CCCN(c2ccc(-c3ccc(F)cc3)nn2)C1. The Morgan fingerprint density at radius 3 is 2.72 bits per heavy atom. The summed E-state index contributed by atoms with van der Waals surface area (Å²) in [4.78, 5) is 20.8. The second kappa shape index (κ2) is 9.50. The number of carbonyl (C=O) groups is 1. The Labute approximate surface area is 211 Å². The fraction of sp³-hybridized carbons (Fsp3) is 0.185. The summed E-state index contributed by atoms with van der Waals surface area (Å²) in [5, 5.41) is 13.8. The molecule has 1 amide bonds. The predicted molar refractivity (Wildman–Crippen MR) is 139 cm³/mol. The molecule has 2 aromatic carbocycles. The lowest BCUT2D eigenvalue weighted by Gasteiger charge is -2.32. The first kappa shape index (κ1) is 22.4. The van der Waals surface area contributed by atoms with Gasteiger partial charge < -0.3 is 10.2 Å². The zero-order valence-corrected chi connectivity index (χ0v) is 20.2. The number of nitrogens with one attached hydrogen (secondary N) is 1. The third-order valence-corrected chi connectivity index (χ3v) is 7.20. The Balaban J connectivity index is 1.12. The van der Waals surface area contributed by atoms with Crippen LogP contribution < -0.4 is 10.2 Å². The van der Waals surface area contributed by atoms with Gasteiger partial charge in [0.15, 0.2) is 10.8 Å². The van der Waals surface area contributed by atoms with Crippen LogP contribution in [0.25, 0.3) is 27.5 Å². The highest BCUT2D eigenvalue weighted by molar-refractivity contribution is 7.15. The summed E-state index contributed by atoms with van der Waals surface area (Å²) in [6.07, 6.45) is 5.69. The quantitative estimate of drug-likeness (QED) is 0.346. The average molecular weight is 499 g/mol. The Morgan fingerprint density at radius 1 is 1.03 bits per heavy atom. The maximum atomic E-state index is 13.2. The molecule has 1 saturated heterocycles. The van der Waals surface area contributed by atoms with Crippen LogP contribution in [0.15, 0.2) is 78.4 Å². The van der Waals surface area contributed by atoms with Crippen LogP contribution in [0.1, 0.15) is 12.8 Å². The first-order valence-electron chi connectivity index (χ1n) is 11.8. The highest BCUT2D eigenvalue weighted by Crippen LogP contribution is 2.27. The van der Waals surface area contributed by atoms with Crippen molar-refractivity contribution in [1.82, 2.24) is 19.6 Å². The second-order valence-electron chi connectivity index (χ2n) is 8.86. The van der Waals surface area contributed by atoms with Crippen LogP contribution in [0.3, 0.4) is 0 Å². The van der Waals surface area contributed by atoms with E-state index in [2.05, 4.69) is 25.4 Å². The maximum absolute atomic E-state index is 13.2. The van der Waals surface area contributed by atoms with Gasteiger partial charge in [-0.05, 0) is 61.4 Å². The van der Waals surface area contributed by atoms with Gasteiger partial charge in [-0.3, -0.25) is 9.20 Å². The van der Waals surface area contributed by atoms with E-state index < -0.39 is 0 Å². The Morgan fingerprint density at radius 2 is 1.92 bits per heavy atom. The van der Waals surface area contributed by atoms with Gasteiger partial charge in [0.05, 0.1) is 17.3 Å². The van der Waals surface area contributed by atoms with Crippen LogP contribution in [-0.2, 0) is 4.79 Å². The highest BCUT2D eigenvalue weighted by Gasteiger charge is 2.27. The van der Waals surface area contributed by atoms with Crippen LogP contribution in [-0.4, -0.2) is 38.6 Å². The number of nitrogens with zero attached hydrogens (tertiary/aromatic N) is 5. The van der Waals surface area contributed by atoms with Crippen LogP contribution >= 0.6 is 11.3 Å². The average Bonchev–Trinajstić information content (AvgIpc) is 3.53. The molecular formula is C27H23FN6OS. The molecule has 180 valence electrons. The summed E-state index contributed by atoms with van der Waals surface area (Å²) in [6.45, 7) is 1.40. The molecule has 1 unspecified atom stereocenters. The van der Waals surface area contributed by atoms with Crippen molar-refractivity contribution in [2.45, 2.75) is 12.8 Å². The number of hydrogen-bond acceptors (Lipinski definition) is 6. The lowest BCUT2D eigenvalue weighted by molar-refractivity contribution is -0.120. The number of thiazole rings is 1. The van der Waals surface area contributed by atoms with E-state index in [9.17, 15) is 9.18 Å². The summed E-state index contributed by atoms with van der Waals surface area (Å²) < 4.78 is 15.2. The van der Waals surface area contributed by atoms with Crippen molar-refractivity contribution < 1.29 is 9.18 Å². The maximum Gasteiger partial charge on any atom is 0.229 e. The number of rotatable bonds is 5. The largest absolute Gasteiger partial charge is 0.354 e. The molecule has 0 bridgehead atoms. The summed E-state index contributed by atoms with van der Waals surface area (Å²) in [6, 6.07) is 17.8. The van der Waals surface area contributed by atoms with Gasteiger partial charge in [-0.2, -0.15) is 0 Å². The first-order valence-corrected chi connectivity index (χ1v) is 12.7. The molecule has 0 radical (unpaired) electrons. The summed E-state index contributed by atoms with van der Waals surface area (Å²) in [5.41, 5.74) is 4.09. The van der Waals surface area contributed by atoms with Crippen LogP contribution in [0.4, 0.5) is 15.9 Å². The Hall–Kier alpha value is -4.11. The first-order chi connectivity index (χ1) is 17.6. The molecule has 6 rings (SSSR count). The molecule has 0 aliphatic carbocycles. The fourth-order valence-corrected chi connectivity index (χ4v) is 5.23. The summed E-state index contributed by atoms with van der Waals surface area (Å²) in [7, 11) is 0. The molecule has 1 fully saturated rings. The third-order valence-electron chi connectivity index (χ3n) is 6.43. The lowest BCUT2D eigenvalue weighted by atomic mass is 9.97. The molecule has 3 aromatic heterocycles. The topological polar surface area (TPSA) is 75.4 Å². The van der Waals surface area contributed by atoms with Crippen LogP contribution in [0.5, 0.6) is 0 Å². The van der Waals surface area contributed by atoms with E-state index in [1.807, 2.05) is 58.6 Å². The molecule has 0 saturated carbocycles. The Bertz CT molecular complexity index is 1480. The van der Waals surface area contributed by atoms with E-state index in [4.69, 9.17) is 0 Å². The molecule has 9 heteroatoms. The number of benzene rings is 2. The van der Waals surface area contributed by atoms with Gasteiger partial charge in [-0.15, -0.1) is 21.5 Å². The standard InChI is InChI=1S/C27H23FN6OS/c28-21-8-6-18(7-9-21)23-10-11-25(32-31-23)33-12-2-4-20(16-33)26(35)29-22-5-1-3-19(15-22)24-17-34-13-14-36-27(34)30-24/h1,3,5-11,13-15,17,20H,2,4,12,16H2,(H,29,35). The van der Waals surface area contributed by atoms with Crippen LogP contribution in [0, 0.1) is 11.7 Å². The zero-order chi connectivity index (χ0) is 24.5. The summed E-state index contributed by atoms with van der Waals surface area (Å²) in [5.74, 6) is 0.298. The molecule has 1 N–H and O–H groups in total. The van der Waals surface area contributed by atoms with Gasteiger partial charge in [0.2, 0.25) is 5.91 Å². The van der Waals surface area contributed by atoms with Gasteiger partial charge in [-0.1, -0.05) is 12.1 Å². The predicted octanol–water partition coefficient (Wildman–Crippen LogP) is 5.51. The minimum atomic E-state index is -0.283. The van der Waals surface area contributed by atoms with Crippen molar-refractivity contribution in [2.75, 3.05) is 23.3 Å². The van der Waals surface area contributed by atoms with E-state index in [0.29, 0.717) is 12.2 Å². The molecule has 5 aromatic rings. The monoisotopic (exact) mass is 498 g/mol. The van der Waals surface area contributed by atoms with E-state index in [0.717, 1.165) is 52.7 Å². The molecule has 1 aliphatic heterocycles. The molecular weight excluding hydrogens is 475 g/mol. The van der Waals surface area contributed by atoms with E-state index in [-0.39, 0.29) is 17.6 Å². The summed E-state index contributed by atoms with van der Waals surface area (Å²) >= 11 is 1.59. The molecule has 0 spiro atoms. The molecule has 7 nitrogen and oxygen atoms in total. The number of aromatic nitrogens is 4. The Kier molecular flexibility index (Phi) is 5.90. The normalized spacial score (nSPS) is 15.8.